The van der Waals surface area contributed by atoms with Crippen molar-refractivity contribution in [3.63, 3.8) is 0 Å². The van der Waals surface area contributed by atoms with Crippen LogP contribution in [-0.4, -0.2) is 11.7 Å². The molecule has 0 saturated heterocycles. The van der Waals surface area contributed by atoms with E-state index < -0.39 is 0 Å². The quantitative estimate of drug-likeness (QED) is 0.204. The van der Waals surface area contributed by atoms with E-state index in [0.717, 1.165) is 6.42 Å². The van der Waals surface area contributed by atoms with E-state index >= 15 is 0 Å². The van der Waals surface area contributed by atoms with E-state index in [1.165, 1.54) is 59.1 Å². The summed E-state index contributed by atoms with van der Waals surface area (Å²) in [6, 6.07) is 0. The number of fused-ring (bicyclic) bond motifs is 1. The van der Waals surface area contributed by atoms with Gasteiger partial charge in [-0.05, 0) is 102 Å². The summed E-state index contributed by atoms with van der Waals surface area (Å²) in [4.78, 5) is 0. The van der Waals surface area contributed by atoms with Crippen LogP contribution in [0.1, 0.15) is 101 Å². The minimum absolute atomic E-state index is 0.0856. The largest absolute Gasteiger partial charge is 0.359 e. The zero-order valence-electron chi connectivity index (χ0n) is 27.7. The van der Waals surface area contributed by atoms with Crippen molar-refractivity contribution in [3.05, 3.63) is 119 Å². The maximum Gasteiger partial charge on any atom is 0.0982 e. The average Bonchev–Trinajstić information content (AvgIpc) is 3.25. The summed E-state index contributed by atoms with van der Waals surface area (Å²) >= 11 is 0. The van der Waals surface area contributed by atoms with Gasteiger partial charge in [-0.15, -0.1) is 0 Å². The van der Waals surface area contributed by atoms with Crippen molar-refractivity contribution in [3.8, 4) is 0 Å². The van der Waals surface area contributed by atoms with Gasteiger partial charge in [0.05, 0.1) is 11.7 Å². The maximum absolute atomic E-state index is 6.56. The third-order valence-electron chi connectivity index (χ3n) is 9.31. The topological polar surface area (TPSA) is 9.23 Å². The van der Waals surface area contributed by atoms with Gasteiger partial charge in [-0.1, -0.05) is 129 Å². The molecule has 0 aromatic rings. The highest BCUT2D eigenvalue weighted by Crippen LogP contribution is 2.52. The highest BCUT2D eigenvalue weighted by atomic mass is 16.5. The Labute approximate surface area is 252 Å². The van der Waals surface area contributed by atoms with Crippen LogP contribution in [0.25, 0.3) is 0 Å². The molecule has 0 aromatic carbocycles. The molecule has 1 heterocycles. The van der Waals surface area contributed by atoms with Crippen LogP contribution in [0.5, 0.6) is 0 Å². The fraction of sp³-hybridized carbons (Fsp3) is 0.500. The van der Waals surface area contributed by atoms with Gasteiger partial charge in [0.25, 0.3) is 0 Å². The number of hydrogen-bond donors (Lipinski definition) is 0. The molecule has 0 bridgehead atoms. The monoisotopic (exact) mass is 552 g/mol. The van der Waals surface area contributed by atoms with Crippen LogP contribution in [-0.2, 0) is 4.74 Å². The van der Waals surface area contributed by atoms with Crippen LogP contribution in [0.15, 0.2) is 119 Å². The van der Waals surface area contributed by atoms with E-state index in [1.807, 2.05) is 0 Å². The van der Waals surface area contributed by atoms with Crippen molar-refractivity contribution in [2.45, 2.75) is 113 Å². The molecule has 1 saturated carbocycles. The van der Waals surface area contributed by atoms with Crippen LogP contribution >= 0.6 is 0 Å². The summed E-state index contributed by atoms with van der Waals surface area (Å²) in [5.74, 6) is 0.529. The lowest BCUT2D eigenvalue weighted by Gasteiger charge is -2.42. The molecule has 41 heavy (non-hydrogen) atoms. The van der Waals surface area contributed by atoms with E-state index in [1.54, 1.807) is 0 Å². The van der Waals surface area contributed by atoms with E-state index in [2.05, 4.69) is 154 Å². The molecule has 3 aliphatic rings. The van der Waals surface area contributed by atoms with Crippen molar-refractivity contribution < 1.29 is 4.74 Å². The summed E-state index contributed by atoms with van der Waals surface area (Å²) in [5, 5.41) is 0. The molecule has 1 nitrogen and oxygen atoms in total. The second-order valence-corrected chi connectivity index (χ2v) is 14.1. The zero-order valence-corrected chi connectivity index (χ0v) is 27.7. The van der Waals surface area contributed by atoms with Gasteiger partial charge in [-0.3, -0.25) is 0 Å². The summed E-state index contributed by atoms with van der Waals surface area (Å²) in [6.07, 6.45) is 37.2. The Morgan fingerprint density at radius 3 is 1.95 bits per heavy atom. The van der Waals surface area contributed by atoms with Gasteiger partial charge in [0, 0.05) is 5.92 Å². The standard InChI is InChI=1S/C40H56O/c1-30(19-13-20-32(3)24-25-35-33(4)23-15-26-38(35,6)7)17-11-12-18-31(2)21-14-22-34(5)36-29-37-39(8,9)27-16-28-40(37,10)41-36/h11-14,17-25,29,35-36H,15-16,26-28H2,1-10H3/b12-11+,19-13+,21-14+,25-24+,30-17+,31-18+,32-20+,34-22+/t35-,36+,40+/m0/s1. The molecule has 0 radical (unpaired) electrons. The maximum atomic E-state index is 6.56. The second kappa shape index (κ2) is 14.0. The molecule has 1 aliphatic heterocycles. The van der Waals surface area contributed by atoms with Gasteiger partial charge in [0.2, 0.25) is 0 Å². The zero-order chi connectivity index (χ0) is 30.3. The van der Waals surface area contributed by atoms with E-state index in [0.29, 0.717) is 11.3 Å². The Morgan fingerprint density at radius 2 is 1.34 bits per heavy atom. The van der Waals surface area contributed by atoms with Crippen LogP contribution in [0.4, 0.5) is 0 Å². The normalized spacial score (nSPS) is 29.6. The third kappa shape index (κ3) is 9.17. The van der Waals surface area contributed by atoms with Crippen molar-refractivity contribution in [1.82, 2.24) is 0 Å². The summed E-state index contributed by atoms with van der Waals surface area (Å²) < 4.78 is 6.56. The van der Waals surface area contributed by atoms with Gasteiger partial charge < -0.3 is 4.74 Å². The SMILES string of the molecule is CC1=CCCC(C)(C)[C@H]1/C=C/C(C)=C/C=C/C(C)=C/C=C/C=C(C)/C=C/C=C(\C)[C@H]1C=C2C(C)(C)CCC[C@@]2(C)O1. The minimum Gasteiger partial charge on any atom is -0.359 e. The molecule has 222 valence electrons. The molecule has 3 rings (SSSR count). The molecule has 1 heteroatoms. The molecule has 0 N–H and O–H groups in total. The van der Waals surface area contributed by atoms with Crippen molar-refractivity contribution in [2.24, 2.45) is 16.7 Å². The van der Waals surface area contributed by atoms with Gasteiger partial charge in [0.1, 0.15) is 0 Å². The van der Waals surface area contributed by atoms with E-state index in [4.69, 9.17) is 4.74 Å². The Bertz CT molecular complexity index is 1240. The van der Waals surface area contributed by atoms with E-state index in [-0.39, 0.29) is 17.1 Å². The molecule has 2 aliphatic carbocycles. The molecular formula is C40H56O. The minimum atomic E-state index is -0.0954. The molecule has 3 atom stereocenters. The summed E-state index contributed by atoms with van der Waals surface area (Å²) in [7, 11) is 0. The predicted octanol–water partition coefficient (Wildman–Crippen LogP) is 11.7. The molecule has 0 spiro atoms. The molecular weight excluding hydrogens is 496 g/mol. The fourth-order valence-electron chi connectivity index (χ4n) is 6.68. The van der Waals surface area contributed by atoms with Gasteiger partial charge >= 0.3 is 0 Å². The van der Waals surface area contributed by atoms with Crippen LogP contribution in [0.2, 0.25) is 0 Å². The predicted molar refractivity (Wildman–Crippen MR) is 181 cm³/mol. The Morgan fingerprint density at radius 1 is 0.756 bits per heavy atom. The fourth-order valence-corrected chi connectivity index (χ4v) is 6.68. The molecule has 1 fully saturated rings. The highest BCUT2D eigenvalue weighted by molar-refractivity contribution is 5.37. The summed E-state index contributed by atoms with van der Waals surface area (Å²) in [6.45, 7) is 22.7. The number of ether oxygens (including phenoxy) is 1. The lowest BCUT2D eigenvalue weighted by molar-refractivity contribution is -0.0307. The van der Waals surface area contributed by atoms with Crippen molar-refractivity contribution >= 4 is 0 Å². The summed E-state index contributed by atoms with van der Waals surface area (Å²) in [5.41, 5.74) is 8.47. The lowest BCUT2D eigenvalue weighted by atomic mass is 9.67. The first-order valence-electron chi connectivity index (χ1n) is 15.7. The smallest absolute Gasteiger partial charge is 0.0982 e. The van der Waals surface area contributed by atoms with Crippen molar-refractivity contribution in [1.29, 1.82) is 0 Å². The lowest BCUT2D eigenvalue weighted by Crippen LogP contribution is -2.39. The molecule has 0 amide bonds. The Balaban J connectivity index is 1.50. The Hall–Kier alpha value is -2.64. The van der Waals surface area contributed by atoms with Crippen LogP contribution < -0.4 is 0 Å². The molecule has 0 unspecified atom stereocenters. The van der Waals surface area contributed by atoms with Crippen molar-refractivity contribution in [2.75, 3.05) is 0 Å². The van der Waals surface area contributed by atoms with E-state index in [9.17, 15) is 0 Å². The molecule has 0 aromatic heterocycles. The van der Waals surface area contributed by atoms with Crippen LogP contribution in [0.3, 0.4) is 0 Å². The highest BCUT2D eigenvalue weighted by Gasteiger charge is 2.47. The third-order valence-corrected chi connectivity index (χ3v) is 9.31. The van der Waals surface area contributed by atoms with Gasteiger partial charge in [0.15, 0.2) is 0 Å². The number of rotatable bonds is 9. The van der Waals surface area contributed by atoms with Gasteiger partial charge in [-0.25, -0.2) is 0 Å². The van der Waals surface area contributed by atoms with Crippen LogP contribution in [0, 0.1) is 16.7 Å². The average molecular weight is 553 g/mol. The number of hydrogen-bond acceptors (Lipinski definition) is 1. The first-order chi connectivity index (χ1) is 19.2. The van der Waals surface area contributed by atoms with Gasteiger partial charge in [-0.2, -0.15) is 0 Å². The first-order valence-corrected chi connectivity index (χ1v) is 15.7. The second-order valence-electron chi connectivity index (χ2n) is 14.1. The first kappa shape index (κ1) is 32.9. The number of allylic oxidation sites excluding steroid dienone is 17. The Kier molecular flexibility index (Phi) is 11.2.